The van der Waals surface area contributed by atoms with Crippen molar-refractivity contribution in [2.24, 2.45) is 13.0 Å². The minimum absolute atomic E-state index is 0.0168. The van der Waals surface area contributed by atoms with Gasteiger partial charge < -0.3 is 19.3 Å². The third-order valence-corrected chi connectivity index (χ3v) is 4.59. The highest BCUT2D eigenvalue weighted by molar-refractivity contribution is 5.89. The van der Waals surface area contributed by atoms with E-state index in [0.717, 1.165) is 18.4 Å². The van der Waals surface area contributed by atoms with Crippen molar-refractivity contribution in [3.8, 4) is 0 Å². The second-order valence-corrected chi connectivity index (χ2v) is 6.32. The molecule has 3 rings (SSSR count). The van der Waals surface area contributed by atoms with Gasteiger partial charge in [0.1, 0.15) is 6.54 Å². The molecule has 3 heterocycles. The normalized spacial score (nSPS) is 24.7. The standard InChI is InChI=1S/C16H24N4O4/c1-18-9-12(8-17-18)15-13(4-3-6-24-15)16(22)20-10-14(21)19(11-20)5-7-23-2/h8-9,13,15H,3-7,10-11H2,1-2H3/t13-,15+/m1/s1. The van der Waals surface area contributed by atoms with Crippen LogP contribution in [0.3, 0.4) is 0 Å². The lowest BCUT2D eigenvalue weighted by molar-refractivity contribution is -0.145. The number of nitrogens with zero attached hydrogens (tertiary/aromatic N) is 4. The number of carbonyl (C=O) groups excluding carboxylic acids is 2. The van der Waals surface area contributed by atoms with Gasteiger partial charge in [-0.05, 0) is 12.8 Å². The third kappa shape index (κ3) is 3.44. The van der Waals surface area contributed by atoms with E-state index < -0.39 is 0 Å². The van der Waals surface area contributed by atoms with Crippen LogP contribution < -0.4 is 0 Å². The van der Waals surface area contributed by atoms with Gasteiger partial charge in [-0.3, -0.25) is 14.3 Å². The molecule has 2 fully saturated rings. The molecule has 2 aliphatic heterocycles. The van der Waals surface area contributed by atoms with E-state index in [-0.39, 0.29) is 30.4 Å². The van der Waals surface area contributed by atoms with Crippen LogP contribution in [0.5, 0.6) is 0 Å². The maximum atomic E-state index is 13.0. The van der Waals surface area contributed by atoms with Gasteiger partial charge in [-0.25, -0.2) is 0 Å². The first kappa shape index (κ1) is 16.9. The monoisotopic (exact) mass is 336 g/mol. The number of aryl methyl sites for hydroxylation is 1. The predicted octanol–water partition coefficient (Wildman–Crippen LogP) is 0.163. The highest BCUT2D eigenvalue weighted by Crippen LogP contribution is 2.35. The Hall–Kier alpha value is -1.93. The smallest absolute Gasteiger partial charge is 0.243 e. The van der Waals surface area contributed by atoms with E-state index >= 15 is 0 Å². The van der Waals surface area contributed by atoms with E-state index in [0.29, 0.717) is 26.4 Å². The Balaban J connectivity index is 1.69. The maximum Gasteiger partial charge on any atom is 0.243 e. The first-order chi connectivity index (χ1) is 11.6. The van der Waals surface area contributed by atoms with Crippen molar-refractivity contribution in [1.29, 1.82) is 0 Å². The van der Waals surface area contributed by atoms with Crippen molar-refractivity contribution in [1.82, 2.24) is 19.6 Å². The van der Waals surface area contributed by atoms with E-state index in [1.807, 2.05) is 13.2 Å². The van der Waals surface area contributed by atoms with E-state index in [9.17, 15) is 9.59 Å². The zero-order valence-corrected chi connectivity index (χ0v) is 14.2. The molecule has 1 aromatic rings. The van der Waals surface area contributed by atoms with Crippen molar-refractivity contribution in [2.75, 3.05) is 40.1 Å². The Labute approximate surface area is 141 Å². The number of ether oxygens (including phenoxy) is 2. The fraction of sp³-hybridized carbons (Fsp3) is 0.688. The van der Waals surface area contributed by atoms with Crippen molar-refractivity contribution in [3.05, 3.63) is 18.0 Å². The summed E-state index contributed by atoms with van der Waals surface area (Å²) < 4.78 is 12.6. The second-order valence-electron chi connectivity index (χ2n) is 6.32. The highest BCUT2D eigenvalue weighted by Gasteiger charge is 2.40. The fourth-order valence-electron chi connectivity index (χ4n) is 3.33. The molecule has 0 radical (unpaired) electrons. The number of hydrogen-bond acceptors (Lipinski definition) is 5. The third-order valence-electron chi connectivity index (χ3n) is 4.59. The van der Waals surface area contributed by atoms with Gasteiger partial charge in [-0.2, -0.15) is 5.10 Å². The van der Waals surface area contributed by atoms with E-state index in [2.05, 4.69) is 5.10 Å². The van der Waals surface area contributed by atoms with Crippen LogP contribution in [-0.2, 0) is 26.1 Å². The molecule has 0 N–H and O–H groups in total. The molecule has 24 heavy (non-hydrogen) atoms. The lowest BCUT2D eigenvalue weighted by Gasteiger charge is -2.32. The molecule has 2 amide bonds. The van der Waals surface area contributed by atoms with E-state index in [1.165, 1.54) is 0 Å². The first-order valence-electron chi connectivity index (χ1n) is 8.26. The summed E-state index contributed by atoms with van der Waals surface area (Å²) in [5.74, 6) is -0.315. The fourth-order valence-corrected chi connectivity index (χ4v) is 3.33. The summed E-state index contributed by atoms with van der Waals surface area (Å²) in [6, 6.07) is 0. The minimum Gasteiger partial charge on any atom is -0.383 e. The van der Waals surface area contributed by atoms with Gasteiger partial charge in [0.2, 0.25) is 11.8 Å². The van der Waals surface area contributed by atoms with E-state index in [4.69, 9.17) is 9.47 Å². The van der Waals surface area contributed by atoms with Crippen LogP contribution in [0, 0.1) is 5.92 Å². The SMILES string of the molecule is COCCN1CN(C(=O)[C@@H]2CCCO[C@H]2c2cnn(C)c2)CC1=O. The maximum absolute atomic E-state index is 13.0. The summed E-state index contributed by atoms with van der Waals surface area (Å²) in [6.45, 7) is 2.09. The number of methoxy groups -OCH3 is 1. The van der Waals surface area contributed by atoms with Gasteiger partial charge in [0.05, 0.1) is 31.5 Å². The van der Waals surface area contributed by atoms with Crippen LogP contribution >= 0.6 is 0 Å². The van der Waals surface area contributed by atoms with Crippen LogP contribution in [-0.4, -0.2) is 71.5 Å². The number of aromatic nitrogens is 2. The van der Waals surface area contributed by atoms with E-state index in [1.54, 1.807) is 27.8 Å². The average molecular weight is 336 g/mol. The number of rotatable bonds is 5. The van der Waals surface area contributed by atoms with Crippen molar-refractivity contribution in [3.63, 3.8) is 0 Å². The van der Waals surface area contributed by atoms with Crippen molar-refractivity contribution in [2.45, 2.75) is 18.9 Å². The zero-order valence-electron chi connectivity index (χ0n) is 14.2. The number of amides is 2. The average Bonchev–Trinajstić information content (AvgIpc) is 3.18. The quantitative estimate of drug-likeness (QED) is 0.766. The Bertz CT molecular complexity index is 603. The van der Waals surface area contributed by atoms with Gasteiger partial charge in [-0.1, -0.05) is 0 Å². The van der Waals surface area contributed by atoms with Crippen LogP contribution in [0.2, 0.25) is 0 Å². The molecule has 0 spiro atoms. The summed E-state index contributed by atoms with van der Waals surface area (Å²) in [5, 5.41) is 4.18. The number of hydrogen-bond donors (Lipinski definition) is 0. The summed E-state index contributed by atoms with van der Waals surface area (Å²) in [4.78, 5) is 28.3. The van der Waals surface area contributed by atoms with Crippen LogP contribution in [0.25, 0.3) is 0 Å². The molecule has 0 aromatic carbocycles. The molecule has 2 aliphatic rings. The highest BCUT2D eigenvalue weighted by atomic mass is 16.5. The summed E-state index contributed by atoms with van der Waals surface area (Å²) >= 11 is 0. The topological polar surface area (TPSA) is 76.9 Å². The van der Waals surface area contributed by atoms with Gasteiger partial charge in [0.15, 0.2) is 0 Å². The summed E-state index contributed by atoms with van der Waals surface area (Å²) in [5.41, 5.74) is 0.914. The molecular weight excluding hydrogens is 312 g/mol. The van der Waals surface area contributed by atoms with Crippen LogP contribution in [0.4, 0.5) is 0 Å². The molecule has 2 saturated heterocycles. The molecule has 2 atom stereocenters. The molecule has 1 aromatic heterocycles. The van der Waals surface area contributed by atoms with Gasteiger partial charge in [0.25, 0.3) is 0 Å². The summed E-state index contributed by atoms with van der Waals surface area (Å²) in [7, 11) is 3.44. The zero-order chi connectivity index (χ0) is 17.1. The van der Waals surface area contributed by atoms with Crippen molar-refractivity contribution < 1.29 is 19.1 Å². The largest absolute Gasteiger partial charge is 0.383 e. The van der Waals surface area contributed by atoms with Gasteiger partial charge >= 0.3 is 0 Å². The predicted molar refractivity (Wildman–Crippen MR) is 84.8 cm³/mol. The molecular formula is C16H24N4O4. The molecule has 8 nitrogen and oxygen atoms in total. The minimum atomic E-state index is -0.289. The Morgan fingerprint density at radius 1 is 1.50 bits per heavy atom. The Kier molecular flexibility index (Phi) is 5.15. The molecule has 0 unspecified atom stereocenters. The molecule has 0 bridgehead atoms. The van der Waals surface area contributed by atoms with Gasteiger partial charge in [-0.15, -0.1) is 0 Å². The second kappa shape index (κ2) is 7.31. The van der Waals surface area contributed by atoms with Gasteiger partial charge in [0, 0.05) is 39.1 Å². The lowest BCUT2D eigenvalue weighted by Crippen LogP contribution is -2.40. The lowest BCUT2D eigenvalue weighted by atomic mass is 9.89. The number of carbonyl (C=O) groups is 2. The molecule has 0 saturated carbocycles. The first-order valence-corrected chi connectivity index (χ1v) is 8.26. The Morgan fingerprint density at radius 2 is 2.33 bits per heavy atom. The molecule has 8 heteroatoms. The van der Waals surface area contributed by atoms with Crippen LogP contribution in [0.1, 0.15) is 24.5 Å². The Morgan fingerprint density at radius 3 is 3.04 bits per heavy atom. The summed E-state index contributed by atoms with van der Waals surface area (Å²) in [6.07, 6.45) is 4.96. The molecule has 132 valence electrons. The van der Waals surface area contributed by atoms with Crippen LogP contribution in [0.15, 0.2) is 12.4 Å². The van der Waals surface area contributed by atoms with Crippen molar-refractivity contribution >= 4 is 11.8 Å². The molecule has 0 aliphatic carbocycles.